The van der Waals surface area contributed by atoms with Crippen molar-refractivity contribution in [2.75, 3.05) is 27.3 Å². The van der Waals surface area contributed by atoms with Crippen molar-refractivity contribution < 1.29 is 14.3 Å². The summed E-state index contributed by atoms with van der Waals surface area (Å²) in [4.78, 5) is 36.7. The van der Waals surface area contributed by atoms with Crippen LogP contribution in [0.2, 0.25) is 0 Å². The maximum atomic E-state index is 13.6. The van der Waals surface area contributed by atoms with Crippen LogP contribution in [0.1, 0.15) is 29.6 Å². The summed E-state index contributed by atoms with van der Waals surface area (Å²) in [5, 5.41) is 1.71. The first kappa shape index (κ1) is 20.1. The van der Waals surface area contributed by atoms with Gasteiger partial charge < -0.3 is 19.4 Å². The monoisotopic (exact) mass is 432 g/mol. The number of nitrogens with zero attached hydrogens (tertiary/aromatic N) is 3. The molecule has 1 fully saturated rings. The molecule has 1 N–H and O–H groups in total. The van der Waals surface area contributed by atoms with Crippen molar-refractivity contribution >= 4 is 27.6 Å². The molecule has 0 radical (unpaired) electrons. The molecule has 1 saturated heterocycles. The number of methoxy groups -OCH3 is 2. The van der Waals surface area contributed by atoms with Gasteiger partial charge in [-0.15, -0.1) is 0 Å². The second kappa shape index (κ2) is 8.03. The van der Waals surface area contributed by atoms with Crippen LogP contribution < -0.4 is 15.0 Å². The number of fused-ring (bicyclic) bond motifs is 2. The zero-order valence-electron chi connectivity index (χ0n) is 18.1. The van der Waals surface area contributed by atoms with Gasteiger partial charge in [-0.25, -0.2) is 4.98 Å². The van der Waals surface area contributed by atoms with Crippen LogP contribution in [0.5, 0.6) is 11.5 Å². The normalized spacial score (nSPS) is 14.1. The predicted octanol–water partition coefficient (Wildman–Crippen LogP) is 3.51. The summed E-state index contributed by atoms with van der Waals surface area (Å²) < 4.78 is 12.3. The Morgan fingerprint density at radius 1 is 1.00 bits per heavy atom. The summed E-state index contributed by atoms with van der Waals surface area (Å²) in [5.41, 5.74) is 1.02. The van der Waals surface area contributed by atoms with Gasteiger partial charge in [0.2, 0.25) is 0 Å². The van der Waals surface area contributed by atoms with Crippen LogP contribution in [0.4, 0.5) is 0 Å². The molecule has 1 aliphatic rings. The van der Waals surface area contributed by atoms with Crippen LogP contribution in [0, 0.1) is 0 Å². The quantitative estimate of drug-likeness (QED) is 0.533. The van der Waals surface area contributed by atoms with E-state index in [1.807, 2.05) is 17.0 Å². The fourth-order valence-electron chi connectivity index (χ4n) is 4.42. The SMILES string of the molecule is COc1cc2c(C(=O)N3CCCCC3)cn(-c3nccc4[nH]ccc34)c(=O)c2cc1OC. The van der Waals surface area contributed by atoms with E-state index in [1.54, 1.807) is 30.7 Å². The smallest absolute Gasteiger partial charge is 0.264 e. The lowest BCUT2D eigenvalue weighted by Gasteiger charge is -2.27. The number of hydrogen-bond donors (Lipinski definition) is 1. The van der Waals surface area contributed by atoms with Crippen LogP contribution >= 0.6 is 0 Å². The fourth-order valence-corrected chi connectivity index (χ4v) is 4.42. The highest BCUT2D eigenvalue weighted by atomic mass is 16.5. The average Bonchev–Trinajstić information content (AvgIpc) is 3.33. The van der Waals surface area contributed by atoms with Gasteiger partial charge in [0.15, 0.2) is 11.5 Å². The average molecular weight is 432 g/mol. The molecule has 0 atom stereocenters. The van der Waals surface area contributed by atoms with Gasteiger partial charge in [0.1, 0.15) is 5.82 Å². The van der Waals surface area contributed by atoms with Crippen molar-refractivity contribution in [1.82, 2.24) is 19.4 Å². The summed E-state index contributed by atoms with van der Waals surface area (Å²) in [6.45, 7) is 1.41. The first-order valence-corrected chi connectivity index (χ1v) is 10.7. The first-order valence-electron chi connectivity index (χ1n) is 10.7. The first-order chi connectivity index (χ1) is 15.6. The Morgan fingerprint density at radius 2 is 1.72 bits per heavy atom. The number of likely N-dealkylation sites (tertiary alicyclic amines) is 1. The minimum absolute atomic E-state index is 0.100. The Morgan fingerprint density at radius 3 is 2.44 bits per heavy atom. The van der Waals surface area contributed by atoms with E-state index >= 15 is 0 Å². The molecule has 3 aromatic heterocycles. The number of H-pyrrole nitrogens is 1. The Balaban J connectivity index is 1.82. The third-order valence-electron chi connectivity index (χ3n) is 6.08. The van der Waals surface area contributed by atoms with E-state index in [1.165, 1.54) is 18.8 Å². The lowest BCUT2D eigenvalue weighted by molar-refractivity contribution is 0.0725. The van der Waals surface area contributed by atoms with E-state index in [9.17, 15) is 9.59 Å². The van der Waals surface area contributed by atoms with E-state index in [-0.39, 0.29) is 11.5 Å². The van der Waals surface area contributed by atoms with Crippen LogP contribution in [-0.4, -0.2) is 52.7 Å². The lowest BCUT2D eigenvalue weighted by atomic mass is 10.0. The maximum Gasteiger partial charge on any atom is 0.264 e. The number of aromatic amines is 1. The highest BCUT2D eigenvalue weighted by Crippen LogP contribution is 2.33. The second-order valence-corrected chi connectivity index (χ2v) is 7.90. The Bertz CT molecular complexity index is 1380. The van der Waals surface area contributed by atoms with E-state index in [0.29, 0.717) is 46.7 Å². The summed E-state index contributed by atoms with van der Waals surface area (Å²) >= 11 is 0. The van der Waals surface area contributed by atoms with E-state index in [4.69, 9.17) is 9.47 Å². The van der Waals surface area contributed by atoms with Crippen molar-refractivity contribution in [2.45, 2.75) is 19.3 Å². The number of piperidine rings is 1. The summed E-state index contributed by atoms with van der Waals surface area (Å²) in [6.07, 6.45) is 8.13. The standard InChI is InChI=1S/C24H24N4O4/c1-31-20-12-16-17(13-21(20)32-2)24(30)28(22-15-6-8-25-19(15)7-9-26-22)14-18(16)23(29)27-10-4-3-5-11-27/h6-9,12-14,25H,3-5,10-11H2,1-2H3. The topological polar surface area (TPSA) is 89.5 Å². The molecule has 0 spiro atoms. The molecule has 4 heterocycles. The van der Waals surface area contributed by atoms with Crippen LogP contribution in [0.15, 0.2) is 47.7 Å². The maximum absolute atomic E-state index is 13.6. The van der Waals surface area contributed by atoms with E-state index in [0.717, 1.165) is 30.2 Å². The van der Waals surface area contributed by atoms with Crippen LogP contribution in [0.3, 0.4) is 0 Å². The fraction of sp³-hybridized carbons (Fsp3) is 0.292. The van der Waals surface area contributed by atoms with Crippen molar-refractivity contribution in [3.63, 3.8) is 0 Å². The lowest BCUT2D eigenvalue weighted by Crippen LogP contribution is -2.36. The molecule has 8 nitrogen and oxygen atoms in total. The summed E-state index contributed by atoms with van der Waals surface area (Å²) in [5.74, 6) is 1.27. The number of carbonyl (C=O) groups excluding carboxylic acids is 1. The molecule has 8 heteroatoms. The van der Waals surface area contributed by atoms with E-state index in [2.05, 4.69) is 9.97 Å². The van der Waals surface area contributed by atoms with Gasteiger partial charge in [0.05, 0.1) is 30.7 Å². The number of ether oxygens (including phenoxy) is 2. The number of nitrogens with one attached hydrogen (secondary N) is 1. The van der Waals surface area contributed by atoms with Crippen molar-refractivity contribution in [1.29, 1.82) is 0 Å². The van der Waals surface area contributed by atoms with Gasteiger partial charge in [-0.05, 0) is 43.5 Å². The molecule has 1 aromatic carbocycles. The van der Waals surface area contributed by atoms with E-state index < -0.39 is 0 Å². The summed E-state index contributed by atoms with van der Waals surface area (Å²) in [6, 6.07) is 7.06. The molecule has 1 amide bonds. The molecule has 0 aliphatic carbocycles. The number of pyridine rings is 2. The zero-order chi connectivity index (χ0) is 22.2. The minimum atomic E-state index is -0.280. The molecule has 0 saturated carbocycles. The number of rotatable bonds is 4. The van der Waals surface area contributed by atoms with Gasteiger partial charge in [-0.3, -0.25) is 14.2 Å². The molecule has 0 unspecified atom stereocenters. The van der Waals surface area contributed by atoms with Gasteiger partial charge in [0, 0.05) is 42.5 Å². The van der Waals surface area contributed by atoms with Gasteiger partial charge in [-0.2, -0.15) is 0 Å². The molecule has 32 heavy (non-hydrogen) atoms. The third kappa shape index (κ3) is 3.19. The van der Waals surface area contributed by atoms with Crippen molar-refractivity contribution in [3.8, 4) is 17.3 Å². The van der Waals surface area contributed by atoms with Gasteiger partial charge >= 0.3 is 0 Å². The second-order valence-electron chi connectivity index (χ2n) is 7.90. The summed E-state index contributed by atoms with van der Waals surface area (Å²) in [7, 11) is 3.06. The van der Waals surface area contributed by atoms with Gasteiger partial charge in [0.25, 0.3) is 11.5 Å². The molecule has 0 bridgehead atoms. The Hall–Kier alpha value is -3.81. The molecular formula is C24H24N4O4. The molecular weight excluding hydrogens is 408 g/mol. The highest BCUT2D eigenvalue weighted by Gasteiger charge is 2.24. The number of aromatic nitrogens is 3. The largest absolute Gasteiger partial charge is 0.493 e. The minimum Gasteiger partial charge on any atom is -0.493 e. The highest BCUT2D eigenvalue weighted by molar-refractivity contribution is 6.07. The van der Waals surface area contributed by atoms with Crippen molar-refractivity contribution in [3.05, 3.63) is 58.8 Å². The van der Waals surface area contributed by atoms with Gasteiger partial charge in [-0.1, -0.05) is 0 Å². The number of amides is 1. The molecule has 164 valence electrons. The number of hydrogen-bond acceptors (Lipinski definition) is 5. The van der Waals surface area contributed by atoms with Crippen LogP contribution in [-0.2, 0) is 0 Å². The number of carbonyl (C=O) groups is 1. The zero-order valence-corrected chi connectivity index (χ0v) is 18.1. The molecule has 4 aromatic rings. The molecule has 5 rings (SSSR count). The number of benzene rings is 1. The Labute approximate surface area is 184 Å². The predicted molar refractivity (Wildman–Crippen MR) is 122 cm³/mol. The molecule has 1 aliphatic heterocycles. The van der Waals surface area contributed by atoms with Crippen LogP contribution in [0.25, 0.3) is 27.5 Å². The third-order valence-corrected chi connectivity index (χ3v) is 6.08. The Kier molecular flexibility index (Phi) is 5.05. The van der Waals surface area contributed by atoms with Crippen molar-refractivity contribution in [2.24, 2.45) is 0 Å².